The summed E-state index contributed by atoms with van der Waals surface area (Å²) in [5.74, 6) is -26.3. The summed E-state index contributed by atoms with van der Waals surface area (Å²) in [5, 5.41) is 106. The van der Waals surface area contributed by atoms with Crippen molar-refractivity contribution in [3.63, 3.8) is 0 Å². The molecule has 0 radical (unpaired) electrons. The molecule has 5 rings (SSSR count). The number of hydrogen-bond donors (Lipinski definition) is 11. The lowest BCUT2D eigenvalue weighted by molar-refractivity contribution is -0.374. The van der Waals surface area contributed by atoms with Crippen molar-refractivity contribution < 1.29 is 79.3 Å². The quantitative estimate of drug-likeness (QED) is 0.105. The molecule has 44 heavy (non-hydrogen) atoms. The van der Waals surface area contributed by atoms with Crippen molar-refractivity contribution >= 4 is 17.7 Å². The summed E-state index contributed by atoms with van der Waals surface area (Å²) in [5.41, 5.74) is -3.24. The van der Waals surface area contributed by atoms with Gasteiger partial charge in [-0.15, -0.1) is 0 Å². The largest absolute Gasteiger partial charge is 0.435 e. The first-order chi connectivity index (χ1) is 20.3. The Morgan fingerprint density at radius 1 is 0.955 bits per heavy atom. The van der Waals surface area contributed by atoms with Gasteiger partial charge in [-0.25, -0.2) is 9.29 Å². The Balaban J connectivity index is 1.49. The number of carbonyl (C=O) groups excluding carboxylic acids is 3. The minimum absolute atomic E-state index is 0.0758. The molecule has 18 nitrogen and oxygen atoms in total. The van der Waals surface area contributed by atoms with E-state index in [1.54, 1.807) is 0 Å². The number of piperidine rings is 1. The number of hydrogen-bond acceptors (Lipinski definition) is 16. The molecular formula is C25H26FN3O15. The van der Waals surface area contributed by atoms with Crippen LogP contribution < -0.4 is 10.1 Å². The summed E-state index contributed by atoms with van der Waals surface area (Å²) in [6, 6.07) is 2.00. The number of ether oxygens (including phenoxy) is 2. The van der Waals surface area contributed by atoms with Gasteiger partial charge in [-0.1, -0.05) is 12.1 Å². The van der Waals surface area contributed by atoms with Gasteiger partial charge in [0.1, 0.15) is 11.6 Å². The second-order valence-electron chi connectivity index (χ2n) is 10.2. The van der Waals surface area contributed by atoms with Crippen LogP contribution >= 0.6 is 0 Å². The molecule has 2 aromatic rings. The van der Waals surface area contributed by atoms with Gasteiger partial charge in [0.05, 0.1) is 29.9 Å². The third-order valence-corrected chi connectivity index (χ3v) is 7.51. The summed E-state index contributed by atoms with van der Waals surface area (Å²) in [4.78, 5) is 38.3. The van der Waals surface area contributed by atoms with E-state index >= 15 is 4.39 Å². The summed E-state index contributed by atoms with van der Waals surface area (Å²) in [7, 11) is 0. The number of aliphatic hydroxyl groups is 10. The zero-order valence-corrected chi connectivity index (χ0v) is 22.2. The predicted molar refractivity (Wildman–Crippen MR) is 132 cm³/mol. The Morgan fingerprint density at radius 3 is 2.20 bits per heavy atom. The highest BCUT2D eigenvalue weighted by molar-refractivity contribution is 6.09. The van der Waals surface area contributed by atoms with Gasteiger partial charge < -0.3 is 60.5 Å². The SMILES string of the molecule is O=C1NC(=O)C(O)(O)C(O)(O)C1N1C(=O)c2cccc(OC(O)(O)c3ccc(C(O)(O)N4CCOCC4)cc3F)c2C1(O)O. The minimum Gasteiger partial charge on any atom is -0.435 e. The normalized spacial score (nSPS) is 23.4. The van der Waals surface area contributed by atoms with E-state index in [1.807, 2.05) is 0 Å². The van der Waals surface area contributed by atoms with E-state index in [-0.39, 0.29) is 31.2 Å². The molecule has 19 heteroatoms. The van der Waals surface area contributed by atoms with Gasteiger partial charge in [0.15, 0.2) is 6.04 Å². The molecule has 238 valence electrons. The molecule has 0 saturated carbocycles. The molecule has 3 aliphatic heterocycles. The van der Waals surface area contributed by atoms with Crippen molar-refractivity contribution in [2.24, 2.45) is 0 Å². The standard InChI is InChI=1S/C25H26FN3O15/c26-14-10-11(23(37,38)28-6-8-43-9-7-28)4-5-13(14)25(41,42)44-15-3-1-2-12-16(15)24(39,40)29(19(12)31)17-18(30)27-20(32)22(35,36)21(17,33)34/h1-5,10,17,33-42H,6-9H2,(H,27,30,32). The second-order valence-corrected chi connectivity index (χ2v) is 10.2. The van der Waals surface area contributed by atoms with E-state index in [1.165, 1.54) is 5.32 Å². The van der Waals surface area contributed by atoms with Gasteiger partial charge >= 0.3 is 11.8 Å². The molecule has 2 fully saturated rings. The van der Waals surface area contributed by atoms with Crippen LogP contribution in [-0.2, 0) is 32.1 Å². The van der Waals surface area contributed by atoms with E-state index in [4.69, 9.17) is 9.47 Å². The smallest absolute Gasteiger partial charge is 0.354 e. The molecule has 0 aliphatic carbocycles. The van der Waals surface area contributed by atoms with Crippen LogP contribution in [0.25, 0.3) is 0 Å². The molecule has 2 aromatic carbocycles. The lowest BCUT2D eigenvalue weighted by Crippen LogP contribution is -2.80. The third-order valence-electron chi connectivity index (χ3n) is 7.51. The monoisotopic (exact) mass is 627 g/mol. The van der Waals surface area contributed by atoms with E-state index in [0.29, 0.717) is 6.07 Å². The van der Waals surface area contributed by atoms with Crippen LogP contribution in [0.1, 0.15) is 27.0 Å². The van der Waals surface area contributed by atoms with Crippen molar-refractivity contribution in [1.82, 2.24) is 15.1 Å². The number of morpholine rings is 1. The zero-order valence-electron chi connectivity index (χ0n) is 22.2. The van der Waals surface area contributed by atoms with Gasteiger partial charge in [0, 0.05) is 18.7 Å². The summed E-state index contributed by atoms with van der Waals surface area (Å²) in [6.45, 7) is 0.474. The van der Waals surface area contributed by atoms with Crippen LogP contribution in [0.3, 0.4) is 0 Å². The first kappa shape index (κ1) is 31.7. The number of nitrogens with one attached hydrogen (secondary N) is 1. The molecule has 0 bridgehead atoms. The molecule has 3 heterocycles. The number of carbonyl (C=O) groups is 3. The van der Waals surface area contributed by atoms with Crippen LogP contribution in [0.2, 0.25) is 0 Å². The number of nitrogens with zero attached hydrogens (tertiary/aromatic N) is 2. The minimum atomic E-state index is -4.22. The number of benzene rings is 2. The number of amides is 3. The zero-order chi connectivity index (χ0) is 32.6. The fourth-order valence-electron chi connectivity index (χ4n) is 5.19. The van der Waals surface area contributed by atoms with Crippen molar-refractivity contribution in [3.8, 4) is 5.75 Å². The first-order valence-corrected chi connectivity index (χ1v) is 12.6. The van der Waals surface area contributed by atoms with Crippen molar-refractivity contribution in [2.45, 2.75) is 35.4 Å². The Bertz CT molecular complexity index is 1540. The van der Waals surface area contributed by atoms with Crippen molar-refractivity contribution in [2.75, 3.05) is 26.3 Å². The summed E-state index contributed by atoms with van der Waals surface area (Å²) >= 11 is 0. The topological polar surface area (TPSA) is 290 Å². The molecular weight excluding hydrogens is 601 g/mol. The Hall–Kier alpha value is -3.70. The van der Waals surface area contributed by atoms with Gasteiger partial charge in [0.25, 0.3) is 35.3 Å². The van der Waals surface area contributed by atoms with Crippen LogP contribution in [0.15, 0.2) is 36.4 Å². The third kappa shape index (κ3) is 4.63. The Morgan fingerprint density at radius 2 is 1.59 bits per heavy atom. The molecule has 0 spiro atoms. The number of halogens is 1. The Kier molecular flexibility index (Phi) is 7.33. The number of imide groups is 1. The van der Waals surface area contributed by atoms with E-state index in [0.717, 1.165) is 35.2 Å². The van der Waals surface area contributed by atoms with Crippen LogP contribution in [-0.4, -0.2) is 123 Å². The van der Waals surface area contributed by atoms with Crippen molar-refractivity contribution in [1.29, 1.82) is 0 Å². The second kappa shape index (κ2) is 10.2. The molecule has 1 unspecified atom stereocenters. The first-order valence-electron chi connectivity index (χ1n) is 12.6. The number of rotatable bonds is 6. The molecule has 3 aliphatic rings. The average Bonchev–Trinajstić information content (AvgIpc) is 3.13. The highest BCUT2D eigenvalue weighted by Gasteiger charge is 2.70. The highest BCUT2D eigenvalue weighted by atomic mass is 19.1. The summed E-state index contributed by atoms with van der Waals surface area (Å²) < 4.78 is 25.4. The van der Waals surface area contributed by atoms with Crippen molar-refractivity contribution in [3.05, 3.63) is 64.5 Å². The highest BCUT2D eigenvalue weighted by Crippen LogP contribution is 2.46. The van der Waals surface area contributed by atoms with Gasteiger partial charge in [-0.3, -0.25) is 24.6 Å². The summed E-state index contributed by atoms with van der Waals surface area (Å²) in [6.07, 6.45) is 0. The van der Waals surface area contributed by atoms with Gasteiger partial charge in [-0.05, 0) is 24.3 Å². The lowest BCUT2D eigenvalue weighted by Gasteiger charge is -2.47. The van der Waals surface area contributed by atoms with Crippen LogP contribution in [0.4, 0.5) is 4.39 Å². The maximum absolute atomic E-state index is 15.2. The van der Waals surface area contributed by atoms with E-state index in [9.17, 15) is 65.4 Å². The predicted octanol–water partition coefficient (Wildman–Crippen LogP) is -5.64. The van der Waals surface area contributed by atoms with Crippen LogP contribution in [0, 0.1) is 5.82 Å². The van der Waals surface area contributed by atoms with Gasteiger partial charge in [0.2, 0.25) is 0 Å². The maximum atomic E-state index is 15.2. The van der Waals surface area contributed by atoms with Crippen LogP contribution in [0.5, 0.6) is 5.75 Å². The lowest BCUT2D eigenvalue weighted by atomic mass is 9.90. The molecule has 11 N–H and O–H groups in total. The fraction of sp³-hybridized carbons (Fsp3) is 0.400. The Labute approximate surface area is 244 Å². The van der Waals surface area contributed by atoms with Gasteiger partial charge in [-0.2, -0.15) is 0 Å². The van der Waals surface area contributed by atoms with E-state index in [2.05, 4.69) is 0 Å². The molecule has 0 aromatic heterocycles. The molecule has 2 saturated heterocycles. The fourth-order valence-corrected chi connectivity index (χ4v) is 5.19. The molecule has 3 amide bonds. The maximum Gasteiger partial charge on any atom is 0.354 e. The number of fused-ring (bicyclic) bond motifs is 1. The van der Waals surface area contributed by atoms with E-state index < -0.39 is 87.0 Å². The average molecular weight is 627 g/mol. The molecule has 1 atom stereocenters.